The van der Waals surface area contributed by atoms with Crippen molar-refractivity contribution in [3.8, 4) is 17.1 Å². The number of halogens is 1. The molecular weight excluding hydrogens is 414 g/mol. The lowest BCUT2D eigenvalue weighted by Gasteiger charge is -2.31. The van der Waals surface area contributed by atoms with Crippen molar-refractivity contribution in [2.45, 2.75) is 38.5 Å². The predicted molar refractivity (Wildman–Crippen MR) is 119 cm³/mol. The standard InChI is InChI=1S/C24H26ClN3O3/c1-2-3-14-30-21-11-9-17(10-12-21)24(29)28-13-5-7-19(16-28)23-26-22(27-31-23)18-6-4-8-20(25)15-18/h4,6,8-12,15,19H,2-3,5,7,13-14,16H2,1H3. The molecule has 1 aliphatic heterocycles. The molecule has 3 aromatic rings. The van der Waals surface area contributed by atoms with Crippen molar-refractivity contribution in [3.63, 3.8) is 0 Å². The number of carbonyl (C=O) groups excluding carboxylic acids is 1. The molecule has 1 fully saturated rings. The van der Waals surface area contributed by atoms with E-state index >= 15 is 0 Å². The van der Waals surface area contributed by atoms with Gasteiger partial charge >= 0.3 is 0 Å². The summed E-state index contributed by atoms with van der Waals surface area (Å²) in [6.07, 6.45) is 3.91. The van der Waals surface area contributed by atoms with Gasteiger partial charge in [0.05, 0.1) is 12.5 Å². The van der Waals surface area contributed by atoms with Crippen LogP contribution < -0.4 is 4.74 Å². The van der Waals surface area contributed by atoms with E-state index in [2.05, 4.69) is 17.1 Å². The second-order valence-electron chi connectivity index (χ2n) is 7.78. The highest BCUT2D eigenvalue weighted by Crippen LogP contribution is 2.29. The molecule has 6 nitrogen and oxygen atoms in total. The van der Waals surface area contributed by atoms with E-state index in [4.69, 9.17) is 20.9 Å². The van der Waals surface area contributed by atoms with Gasteiger partial charge in [0.2, 0.25) is 11.7 Å². The third-order valence-electron chi connectivity index (χ3n) is 5.45. The second-order valence-corrected chi connectivity index (χ2v) is 8.22. The Kier molecular flexibility index (Phi) is 6.87. The number of carbonyl (C=O) groups is 1. The van der Waals surface area contributed by atoms with Gasteiger partial charge in [0, 0.05) is 29.2 Å². The monoisotopic (exact) mass is 439 g/mol. The van der Waals surface area contributed by atoms with Crippen LogP contribution in [0.3, 0.4) is 0 Å². The number of aromatic nitrogens is 2. The summed E-state index contributed by atoms with van der Waals surface area (Å²) >= 11 is 6.07. The zero-order chi connectivity index (χ0) is 21.6. The highest BCUT2D eigenvalue weighted by atomic mass is 35.5. The van der Waals surface area contributed by atoms with Crippen molar-refractivity contribution >= 4 is 17.5 Å². The van der Waals surface area contributed by atoms with Crippen molar-refractivity contribution in [1.29, 1.82) is 0 Å². The largest absolute Gasteiger partial charge is 0.494 e. The first-order chi connectivity index (χ1) is 15.1. The van der Waals surface area contributed by atoms with E-state index in [9.17, 15) is 4.79 Å². The number of amides is 1. The van der Waals surface area contributed by atoms with E-state index in [0.717, 1.165) is 43.5 Å². The fraction of sp³-hybridized carbons (Fsp3) is 0.375. The van der Waals surface area contributed by atoms with Crippen molar-refractivity contribution in [2.24, 2.45) is 0 Å². The number of piperidine rings is 1. The van der Waals surface area contributed by atoms with Gasteiger partial charge in [0.1, 0.15) is 5.75 Å². The third kappa shape index (κ3) is 5.25. The van der Waals surface area contributed by atoms with Crippen LogP contribution in [-0.2, 0) is 0 Å². The molecule has 4 rings (SSSR count). The molecule has 1 atom stereocenters. The van der Waals surface area contributed by atoms with Crippen LogP contribution in [0, 0.1) is 0 Å². The van der Waals surface area contributed by atoms with E-state index in [1.54, 1.807) is 6.07 Å². The van der Waals surface area contributed by atoms with E-state index in [1.807, 2.05) is 47.4 Å². The Morgan fingerprint density at radius 3 is 2.87 bits per heavy atom. The summed E-state index contributed by atoms with van der Waals surface area (Å²) in [7, 11) is 0. The number of hydrogen-bond acceptors (Lipinski definition) is 5. The van der Waals surface area contributed by atoms with Crippen molar-refractivity contribution in [3.05, 3.63) is 65.0 Å². The molecule has 1 amide bonds. The number of nitrogens with zero attached hydrogens (tertiary/aromatic N) is 3. The summed E-state index contributed by atoms with van der Waals surface area (Å²) in [6.45, 7) is 4.10. The van der Waals surface area contributed by atoms with Crippen molar-refractivity contribution in [1.82, 2.24) is 15.0 Å². The predicted octanol–water partition coefficient (Wildman–Crippen LogP) is 5.59. The molecule has 2 aromatic carbocycles. The maximum absolute atomic E-state index is 13.0. The maximum Gasteiger partial charge on any atom is 0.253 e. The number of likely N-dealkylation sites (tertiary alicyclic amines) is 1. The van der Waals surface area contributed by atoms with E-state index in [0.29, 0.717) is 35.5 Å². The Bertz CT molecular complexity index is 1020. The van der Waals surface area contributed by atoms with Gasteiger partial charge in [-0.25, -0.2) is 0 Å². The average molecular weight is 440 g/mol. The number of rotatable bonds is 7. The van der Waals surface area contributed by atoms with Crippen LogP contribution in [0.1, 0.15) is 54.8 Å². The van der Waals surface area contributed by atoms with E-state index in [1.165, 1.54) is 0 Å². The van der Waals surface area contributed by atoms with Crippen molar-refractivity contribution < 1.29 is 14.1 Å². The SMILES string of the molecule is CCCCOc1ccc(C(=O)N2CCCC(c3nc(-c4cccc(Cl)c4)no3)C2)cc1. The highest BCUT2D eigenvalue weighted by Gasteiger charge is 2.29. The zero-order valence-electron chi connectivity index (χ0n) is 17.6. The minimum absolute atomic E-state index is 0.0133. The molecule has 1 saturated heterocycles. The molecule has 0 spiro atoms. The van der Waals surface area contributed by atoms with Crippen LogP contribution in [-0.4, -0.2) is 40.6 Å². The molecule has 1 aromatic heterocycles. The Morgan fingerprint density at radius 2 is 2.10 bits per heavy atom. The van der Waals surface area contributed by atoms with Gasteiger partial charge in [-0.15, -0.1) is 0 Å². The lowest BCUT2D eigenvalue weighted by molar-refractivity contribution is 0.0695. The molecular formula is C24H26ClN3O3. The Balaban J connectivity index is 1.41. The molecule has 2 heterocycles. The smallest absolute Gasteiger partial charge is 0.253 e. The van der Waals surface area contributed by atoms with Gasteiger partial charge in [-0.2, -0.15) is 4.98 Å². The summed E-state index contributed by atoms with van der Waals surface area (Å²) < 4.78 is 11.2. The quantitative estimate of drug-likeness (QED) is 0.449. The van der Waals surface area contributed by atoms with Gasteiger partial charge in [-0.05, 0) is 55.7 Å². The normalized spacial score (nSPS) is 16.3. The van der Waals surface area contributed by atoms with Crippen LogP contribution in [0.5, 0.6) is 5.75 Å². The third-order valence-corrected chi connectivity index (χ3v) is 5.69. The summed E-state index contributed by atoms with van der Waals surface area (Å²) in [5.41, 5.74) is 1.47. The summed E-state index contributed by atoms with van der Waals surface area (Å²) in [5, 5.41) is 4.73. The number of ether oxygens (including phenoxy) is 1. The van der Waals surface area contributed by atoms with Crippen molar-refractivity contribution in [2.75, 3.05) is 19.7 Å². The first kappa shape index (κ1) is 21.4. The molecule has 1 aliphatic rings. The van der Waals surface area contributed by atoms with Crippen LogP contribution in [0.25, 0.3) is 11.4 Å². The minimum atomic E-state index is 0.0133. The molecule has 0 saturated carbocycles. The van der Waals surface area contributed by atoms with Gasteiger partial charge in [0.15, 0.2) is 0 Å². The number of hydrogen-bond donors (Lipinski definition) is 0. The first-order valence-corrected chi connectivity index (χ1v) is 11.1. The van der Waals surface area contributed by atoms with Crippen LogP contribution in [0.4, 0.5) is 0 Å². The number of unbranched alkanes of at least 4 members (excludes halogenated alkanes) is 1. The molecule has 0 aliphatic carbocycles. The van der Waals surface area contributed by atoms with Crippen LogP contribution in [0.2, 0.25) is 5.02 Å². The minimum Gasteiger partial charge on any atom is -0.494 e. The van der Waals surface area contributed by atoms with Gasteiger partial charge in [0.25, 0.3) is 5.91 Å². The highest BCUT2D eigenvalue weighted by molar-refractivity contribution is 6.30. The van der Waals surface area contributed by atoms with E-state index < -0.39 is 0 Å². The van der Waals surface area contributed by atoms with Gasteiger partial charge in [-0.1, -0.05) is 42.2 Å². The summed E-state index contributed by atoms with van der Waals surface area (Å²) in [6, 6.07) is 14.7. The first-order valence-electron chi connectivity index (χ1n) is 10.8. The topological polar surface area (TPSA) is 68.5 Å². The fourth-order valence-electron chi connectivity index (χ4n) is 3.72. The Labute approximate surface area is 187 Å². The van der Waals surface area contributed by atoms with E-state index in [-0.39, 0.29) is 11.8 Å². The molecule has 7 heteroatoms. The molecule has 0 bridgehead atoms. The summed E-state index contributed by atoms with van der Waals surface area (Å²) in [5.74, 6) is 1.90. The summed E-state index contributed by atoms with van der Waals surface area (Å²) in [4.78, 5) is 19.4. The Hall–Kier alpha value is -2.86. The van der Waals surface area contributed by atoms with Gasteiger partial charge in [-0.3, -0.25) is 4.79 Å². The maximum atomic E-state index is 13.0. The fourth-order valence-corrected chi connectivity index (χ4v) is 3.91. The molecule has 0 N–H and O–H groups in total. The zero-order valence-corrected chi connectivity index (χ0v) is 18.3. The van der Waals surface area contributed by atoms with Crippen LogP contribution in [0.15, 0.2) is 53.1 Å². The molecule has 1 unspecified atom stereocenters. The molecule has 0 radical (unpaired) electrons. The lowest BCUT2D eigenvalue weighted by Crippen LogP contribution is -2.39. The molecule has 31 heavy (non-hydrogen) atoms. The van der Waals surface area contributed by atoms with Crippen LogP contribution >= 0.6 is 11.6 Å². The molecule has 162 valence electrons. The second kappa shape index (κ2) is 9.96. The van der Waals surface area contributed by atoms with Gasteiger partial charge < -0.3 is 14.2 Å². The number of benzene rings is 2. The lowest BCUT2D eigenvalue weighted by atomic mass is 9.97. The Morgan fingerprint density at radius 1 is 1.26 bits per heavy atom. The average Bonchev–Trinajstić information content (AvgIpc) is 3.30.